The third kappa shape index (κ3) is 4.13. The number of benzene rings is 1. The number of methoxy groups -OCH3 is 1. The van der Waals surface area contributed by atoms with Gasteiger partial charge in [0.25, 0.3) is 0 Å². The second-order valence-corrected chi connectivity index (χ2v) is 6.58. The zero-order chi connectivity index (χ0) is 14.5. The minimum absolute atomic E-state index is 0.715. The lowest BCUT2D eigenvalue weighted by molar-refractivity contribution is 0.195. The van der Waals surface area contributed by atoms with Crippen molar-refractivity contribution in [2.24, 2.45) is 0 Å². The number of hydrogen-bond acceptors (Lipinski definition) is 4. The van der Waals surface area contributed by atoms with E-state index in [0.717, 1.165) is 26.0 Å². The number of aromatic nitrogens is 1. The fourth-order valence-corrected chi connectivity index (χ4v) is 3.47. The first kappa shape index (κ1) is 14.7. The Kier molecular flexibility index (Phi) is 5.01. The molecule has 21 heavy (non-hydrogen) atoms. The van der Waals surface area contributed by atoms with Crippen LogP contribution in [0.15, 0.2) is 30.3 Å². The van der Waals surface area contributed by atoms with Crippen molar-refractivity contribution in [1.29, 1.82) is 0 Å². The molecule has 0 spiro atoms. The fourth-order valence-electron chi connectivity index (χ4n) is 2.34. The molecule has 0 atom stereocenters. The summed E-state index contributed by atoms with van der Waals surface area (Å²) in [6, 6.07) is 11.3. The number of ether oxygens (including phenoxy) is 1. The molecule has 0 saturated heterocycles. The molecule has 1 aromatic heterocycles. The van der Waals surface area contributed by atoms with Crippen LogP contribution < -0.4 is 5.32 Å². The third-order valence-corrected chi connectivity index (χ3v) is 4.86. The number of thiazole rings is 1. The van der Waals surface area contributed by atoms with Crippen LogP contribution in [0.25, 0.3) is 10.4 Å². The molecule has 2 aromatic rings. The first-order valence-electron chi connectivity index (χ1n) is 7.63. The number of hydrogen-bond donors (Lipinski definition) is 1. The molecule has 0 aliphatic heterocycles. The molecule has 1 saturated carbocycles. The lowest BCUT2D eigenvalue weighted by Gasteiger charge is -2.03. The van der Waals surface area contributed by atoms with E-state index in [1.54, 1.807) is 7.11 Å². The first-order valence-corrected chi connectivity index (χ1v) is 8.45. The molecule has 0 unspecified atom stereocenters. The molecule has 3 nitrogen and oxygen atoms in total. The predicted molar refractivity (Wildman–Crippen MR) is 87.6 cm³/mol. The van der Waals surface area contributed by atoms with E-state index < -0.39 is 0 Å². The minimum atomic E-state index is 0.715. The largest absolute Gasteiger partial charge is 0.385 e. The van der Waals surface area contributed by atoms with E-state index in [9.17, 15) is 0 Å². The van der Waals surface area contributed by atoms with Crippen molar-refractivity contribution >= 4 is 11.3 Å². The van der Waals surface area contributed by atoms with Crippen LogP contribution in [0.5, 0.6) is 0 Å². The summed E-state index contributed by atoms with van der Waals surface area (Å²) in [5.74, 6) is 0. The van der Waals surface area contributed by atoms with Crippen LogP contribution in [-0.4, -0.2) is 24.7 Å². The number of nitrogens with zero attached hydrogens (tertiary/aromatic N) is 1. The Labute approximate surface area is 130 Å². The standard InChI is InChI=1S/C17H22N2OS/c1-20-11-5-8-16-19-15(12-18-14-9-10-14)17(21-16)13-6-3-2-4-7-13/h2-4,6-7,14,18H,5,8-12H2,1H3. The summed E-state index contributed by atoms with van der Waals surface area (Å²) in [5, 5.41) is 4.80. The van der Waals surface area contributed by atoms with E-state index in [2.05, 4.69) is 35.6 Å². The van der Waals surface area contributed by atoms with Gasteiger partial charge in [-0.3, -0.25) is 0 Å². The van der Waals surface area contributed by atoms with Crippen LogP contribution >= 0.6 is 11.3 Å². The van der Waals surface area contributed by atoms with Crippen molar-refractivity contribution in [2.45, 2.75) is 38.3 Å². The van der Waals surface area contributed by atoms with Crippen molar-refractivity contribution in [3.63, 3.8) is 0 Å². The summed E-state index contributed by atoms with van der Waals surface area (Å²) < 4.78 is 5.14. The molecular weight excluding hydrogens is 280 g/mol. The molecule has 1 aromatic carbocycles. The number of aryl methyl sites for hydroxylation is 1. The predicted octanol–water partition coefficient (Wildman–Crippen LogP) is 3.64. The van der Waals surface area contributed by atoms with Crippen molar-refractivity contribution in [3.05, 3.63) is 41.0 Å². The Morgan fingerprint density at radius 1 is 1.29 bits per heavy atom. The second-order valence-electron chi connectivity index (χ2n) is 5.50. The molecule has 1 aliphatic carbocycles. The van der Waals surface area contributed by atoms with Gasteiger partial charge in [0.05, 0.1) is 15.6 Å². The zero-order valence-corrected chi connectivity index (χ0v) is 13.3. The molecule has 1 aliphatic rings. The number of rotatable bonds is 8. The van der Waals surface area contributed by atoms with Crippen molar-refractivity contribution in [2.75, 3.05) is 13.7 Å². The molecule has 0 bridgehead atoms. The summed E-state index contributed by atoms with van der Waals surface area (Å²) in [4.78, 5) is 6.17. The topological polar surface area (TPSA) is 34.1 Å². The van der Waals surface area contributed by atoms with Crippen LogP contribution in [0, 0.1) is 0 Å². The highest BCUT2D eigenvalue weighted by Gasteiger charge is 2.22. The minimum Gasteiger partial charge on any atom is -0.385 e. The van der Waals surface area contributed by atoms with E-state index in [4.69, 9.17) is 9.72 Å². The van der Waals surface area contributed by atoms with Crippen LogP contribution in [0.1, 0.15) is 30.0 Å². The smallest absolute Gasteiger partial charge is 0.0936 e. The van der Waals surface area contributed by atoms with E-state index in [-0.39, 0.29) is 0 Å². The zero-order valence-electron chi connectivity index (χ0n) is 12.5. The molecule has 0 radical (unpaired) electrons. The number of nitrogens with one attached hydrogen (secondary N) is 1. The van der Waals surface area contributed by atoms with Gasteiger partial charge in [-0.1, -0.05) is 30.3 Å². The summed E-state index contributed by atoms with van der Waals surface area (Å²) in [6.07, 6.45) is 4.66. The molecule has 0 amide bonds. The highest BCUT2D eigenvalue weighted by molar-refractivity contribution is 7.15. The quantitative estimate of drug-likeness (QED) is 0.756. The van der Waals surface area contributed by atoms with Gasteiger partial charge in [-0.2, -0.15) is 0 Å². The monoisotopic (exact) mass is 302 g/mol. The van der Waals surface area contributed by atoms with Crippen LogP contribution in [0.3, 0.4) is 0 Å². The first-order chi connectivity index (χ1) is 10.4. The molecule has 1 N–H and O–H groups in total. The summed E-state index contributed by atoms with van der Waals surface area (Å²) in [7, 11) is 1.75. The molecule has 4 heteroatoms. The lowest BCUT2D eigenvalue weighted by atomic mass is 10.1. The molecule has 3 rings (SSSR count). The SMILES string of the molecule is COCCCc1nc(CNC2CC2)c(-c2ccccc2)s1. The fraction of sp³-hybridized carbons (Fsp3) is 0.471. The summed E-state index contributed by atoms with van der Waals surface area (Å²) >= 11 is 1.83. The van der Waals surface area contributed by atoms with Gasteiger partial charge in [0.15, 0.2) is 0 Å². The van der Waals surface area contributed by atoms with Crippen LogP contribution in [0.2, 0.25) is 0 Å². The normalized spacial score (nSPS) is 14.5. The van der Waals surface area contributed by atoms with Crippen molar-refractivity contribution < 1.29 is 4.74 Å². The maximum absolute atomic E-state index is 5.14. The lowest BCUT2D eigenvalue weighted by Crippen LogP contribution is -2.16. The Balaban J connectivity index is 1.77. The Morgan fingerprint density at radius 3 is 2.81 bits per heavy atom. The molecule has 1 heterocycles. The van der Waals surface area contributed by atoms with E-state index in [1.807, 2.05) is 11.3 Å². The molecule has 112 valence electrons. The third-order valence-electron chi connectivity index (χ3n) is 3.65. The molecule has 1 fully saturated rings. The van der Waals surface area contributed by atoms with E-state index >= 15 is 0 Å². The van der Waals surface area contributed by atoms with Crippen LogP contribution in [0.4, 0.5) is 0 Å². The van der Waals surface area contributed by atoms with Gasteiger partial charge in [0, 0.05) is 32.7 Å². The van der Waals surface area contributed by atoms with Gasteiger partial charge in [-0.25, -0.2) is 4.98 Å². The van der Waals surface area contributed by atoms with Crippen molar-refractivity contribution in [1.82, 2.24) is 10.3 Å². The van der Waals surface area contributed by atoms with E-state index in [1.165, 1.54) is 34.0 Å². The van der Waals surface area contributed by atoms with E-state index in [0.29, 0.717) is 6.04 Å². The van der Waals surface area contributed by atoms with Crippen molar-refractivity contribution in [3.8, 4) is 10.4 Å². The maximum Gasteiger partial charge on any atom is 0.0936 e. The molecular formula is C17H22N2OS. The Morgan fingerprint density at radius 2 is 2.10 bits per heavy atom. The van der Waals surface area contributed by atoms with Gasteiger partial charge >= 0.3 is 0 Å². The van der Waals surface area contributed by atoms with Crippen LogP contribution in [-0.2, 0) is 17.7 Å². The second kappa shape index (κ2) is 7.16. The average molecular weight is 302 g/mol. The summed E-state index contributed by atoms with van der Waals surface area (Å²) in [6.45, 7) is 1.69. The van der Waals surface area contributed by atoms with Gasteiger partial charge in [0.1, 0.15) is 0 Å². The van der Waals surface area contributed by atoms with Gasteiger partial charge in [0.2, 0.25) is 0 Å². The Bertz CT molecular complexity index is 563. The highest BCUT2D eigenvalue weighted by atomic mass is 32.1. The van der Waals surface area contributed by atoms with Gasteiger partial charge in [-0.15, -0.1) is 11.3 Å². The van der Waals surface area contributed by atoms with Gasteiger partial charge < -0.3 is 10.1 Å². The Hall–Kier alpha value is -1.23. The average Bonchev–Trinajstić information content (AvgIpc) is 3.26. The maximum atomic E-state index is 5.14. The highest BCUT2D eigenvalue weighted by Crippen LogP contribution is 2.31. The van der Waals surface area contributed by atoms with Gasteiger partial charge in [-0.05, 0) is 24.8 Å². The summed E-state index contributed by atoms with van der Waals surface area (Å²) in [5.41, 5.74) is 2.48.